The summed E-state index contributed by atoms with van der Waals surface area (Å²) in [7, 11) is 2.82. The Morgan fingerprint density at radius 3 is 2.38 bits per heavy atom. The zero-order chi connectivity index (χ0) is 32.0. The van der Waals surface area contributed by atoms with Gasteiger partial charge in [0, 0.05) is 11.6 Å². The largest absolute Gasteiger partial charge is 0.497 e. The van der Waals surface area contributed by atoms with Crippen molar-refractivity contribution in [2.45, 2.75) is 48.7 Å². The van der Waals surface area contributed by atoms with Gasteiger partial charge >= 0.3 is 0 Å². The highest BCUT2D eigenvalue weighted by atomic mass is 16.7. The first kappa shape index (κ1) is 31.3. The molecule has 2 aromatic carbocycles. The van der Waals surface area contributed by atoms with Gasteiger partial charge in [-0.1, -0.05) is 0 Å². The van der Waals surface area contributed by atoms with Crippen molar-refractivity contribution in [3.05, 3.63) is 40.6 Å². The van der Waals surface area contributed by atoms with Crippen molar-refractivity contribution >= 4 is 11.0 Å². The fraction of sp³-hybridized carbons (Fsp3) is 0.483. The van der Waals surface area contributed by atoms with Crippen molar-refractivity contribution < 1.29 is 73.0 Å². The molecule has 0 amide bonds. The maximum absolute atomic E-state index is 14.1. The fourth-order valence-corrected chi connectivity index (χ4v) is 5.28. The molecular formula is C29H32O16. The molecule has 244 valence electrons. The van der Waals surface area contributed by atoms with Crippen molar-refractivity contribution in [3.63, 3.8) is 0 Å². The topological polar surface area (TPSA) is 225 Å². The van der Waals surface area contributed by atoms with Crippen LogP contribution in [0.4, 0.5) is 0 Å². The number of rotatable bonds is 9. The number of methoxy groups -OCH3 is 2. The van der Waals surface area contributed by atoms with E-state index in [0.717, 1.165) is 0 Å². The number of aliphatic hydroxyl groups excluding tert-OH is 5. The van der Waals surface area contributed by atoms with E-state index in [4.69, 9.17) is 42.3 Å². The highest BCUT2D eigenvalue weighted by Crippen LogP contribution is 2.47. The van der Waals surface area contributed by atoms with Crippen LogP contribution in [-0.2, 0) is 14.2 Å². The van der Waals surface area contributed by atoms with E-state index < -0.39 is 79.7 Å². The second-order valence-electron chi connectivity index (χ2n) is 10.7. The average molecular weight is 637 g/mol. The molecular weight excluding hydrogens is 604 g/mol. The van der Waals surface area contributed by atoms with E-state index in [1.54, 1.807) is 24.3 Å². The van der Waals surface area contributed by atoms with Crippen molar-refractivity contribution in [1.29, 1.82) is 0 Å². The van der Waals surface area contributed by atoms with E-state index in [-0.39, 0.29) is 40.8 Å². The summed E-state index contributed by atoms with van der Waals surface area (Å²) in [6, 6.07) is 7.93. The predicted octanol–water partition coefficient (Wildman–Crippen LogP) is -1.15. The van der Waals surface area contributed by atoms with Crippen LogP contribution in [0.2, 0.25) is 0 Å². The van der Waals surface area contributed by atoms with Gasteiger partial charge in [0.1, 0.15) is 52.8 Å². The second kappa shape index (κ2) is 12.2. The molecule has 4 heterocycles. The van der Waals surface area contributed by atoms with Gasteiger partial charge in [-0.2, -0.15) is 0 Å². The van der Waals surface area contributed by atoms with Crippen molar-refractivity contribution in [2.24, 2.45) is 0 Å². The van der Waals surface area contributed by atoms with E-state index >= 15 is 0 Å². The van der Waals surface area contributed by atoms with Gasteiger partial charge < -0.3 is 73.0 Å². The number of fused-ring (bicyclic) bond motifs is 2. The number of hydrogen-bond donors (Lipinski definition) is 6. The van der Waals surface area contributed by atoms with E-state index in [2.05, 4.69) is 0 Å². The molecule has 2 fully saturated rings. The minimum Gasteiger partial charge on any atom is -0.497 e. The lowest BCUT2D eigenvalue weighted by atomic mass is 9.99. The Bertz CT molecular complexity index is 1590. The van der Waals surface area contributed by atoms with Crippen molar-refractivity contribution in [1.82, 2.24) is 0 Å². The molecule has 16 heteroatoms. The quantitative estimate of drug-likeness (QED) is 0.163. The lowest BCUT2D eigenvalue weighted by Gasteiger charge is -2.40. The van der Waals surface area contributed by atoms with E-state index in [1.807, 2.05) is 0 Å². The second-order valence-corrected chi connectivity index (χ2v) is 10.7. The normalized spacial score (nSPS) is 30.9. The van der Waals surface area contributed by atoms with Crippen LogP contribution in [0.3, 0.4) is 0 Å². The Kier molecular flexibility index (Phi) is 8.51. The van der Waals surface area contributed by atoms with Crippen LogP contribution in [0.25, 0.3) is 22.3 Å². The van der Waals surface area contributed by atoms with Crippen molar-refractivity contribution in [2.75, 3.05) is 40.8 Å². The molecule has 6 N–H and O–H groups in total. The lowest BCUT2D eigenvalue weighted by Crippen LogP contribution is -2.60. The summed E-state index contributed by atoms with van der Waals surface area (Å²) in [6.07, 6.45) is -11.6. The Morgan fingerprint density at radius 2 is 1.71 bits per heavy atom. The first-order valence-corrected chi connectivity index (χ1v) is 13.8. The Hall–Kier alpha value is -3.71. The van der Waals surface area contributed by atoms with Crippen LogP contribution in [0.1, 0.15) is 0 Å². The number of benzene rings is 2. The van der Waals surface area contributed by atoms with Crippen LogP contribution in [0, 0.1) is 0 Å². The van der Waals surface area contributed by atoms with Gasteiger partial charge in [0.05, 0.1) is 34.0 Å². The minimum atomic E-state index is -1.96. The van der Waals surface area contributed by atoms with Gasteiger partial charge in [-0.05, 0) is 24.3 Å². The summed E-state index contributed by atoms with van der Waals surface area (Å²) < 4.78 is 50.2. The number of ether oxygens (including phenoxy) is 8. The molecule has 3 aromatic rings. The number of hydrogen-bond acceptors (Lipinski definition) is 16. The summed E-state index contributed by atoms with van der Waals surface area (Å²) >= 11 is 0. The van der Waals surface area contributed by atoms with Crippen LogP contribution < -0.4 is 29.1 Å². The third kappa shape index (κ3) is 5.43. The molecule has 0 spiro atoms. The van der Waals surface area contributed by atoms with E-state index in [0.29, 0.717) is 11.3 Å². The first-order valence-electron chi connectivity index (χ1n) is 13.8. The molecule has 3 aliphatic rings. The summed E-state index contributed by atoms with van der Waals surface area (Å²) in [5.41, 5.74) is -2.26. The highest BCUT2D eigenvalue weighted by molar-refractivity contribution is 5.92. The van der Waals surface area contributed by atoms with E-state index in [9.17, 15) is 35.4 Å². The van der Waals surface area contributed by atoms with Gasteiger partial charge in [0.15, 0.2) is 23.5 Å². The Balaban J connectivity index is 1.36. The smallest absolute Gasteiger partial charge is 0.239 e. The molecule has 6 rings (SSSR count). The summed E-state index contributed by atoms with van der Waals surface area (Å²) in [6.45, 7) is -1.86. The van der Waals surface area contributed by atoms with Gasteiger partial charge in [-0.15, -0.1) is 0 Å². The average Bonchev–Trinajstić information content (AvgIpc) is 3.64. The molecule has 3 aliphatic heterocycles. The molecule has 0 bridgehead atoms. The van der Waals surface area contributed by atoms with Crippen molar-refractivity contribution in [3.8, 4) is 40.1 Å². The number of aliphatic hydroxyl groups is 6. The van der Waals surface area contributed by atoms with Gasteiger partial charge in [0.25, 0.3) is 0 Å². The maximum atomic E-state index is 14.1. The Morgan fingerprint density at radius 1 is 0.956 bits per heavy atom. The molecule has 0 saturated carbocycles. The lowest BCUT2D eigenvalue weighted by molar-refractivity contribution is -0.289. The van der Waals surface area contributed by atoms with Crippen LogP contribution in [0.15, 0.2) is 39.5 Å². The van der Waals surface area contributed by atoms with Gasteiger partial charge in [0.2, 0.25) is 30.0 Å². The van der Waals surface area contributed by atoms with Gasteiger partial charge in [-0.3, -0.25) is 4.79 Å². The SMILES string of the molecule is COc1ccc(-c2oc3cc4c(c(OC)c3c(=O)c2OC2OC(COC3OCC(O)(CO)C3O)C(O)C(O)C2O)OCO4)cc1. The fourth-order valence-electron chi connectivity index (χ4n) is 5.28. The molecule has 0 aliphatic carbocycles. The molecule has 45 heavy (non-hydrogen) atoms. The first-order chi connectivity index (χ1) is 21.6. The molecule has 16 nitrogen and oxygen atoms in total. The van der Waals surface area contributed by atoms with Crippen LogP contribution >= 0.6 is 0 Å². The molecule has 0 radical (unpaired) electrons. The highest BCUT2D eigenvalue weighted by Gasteiger charge is 2.50. The molecule has 8 atom stereocenters. The molecule has 1 aromatic heterocycles. The monoisotopic (exact) mass is 636 g/mol. The predicted molar refractivity (Wildman–Crippen MR) is 148 cm³/mol. The summed E-state index contributed by atoms with van der Waals surface area (Å²) in [4.78, 5) is 14.1. The molecule has 8 unspecified atom stereocenters. The van der Waals surface area contributed by atoms with Gasteiger partial charge in [-0.25, -0.2) is 0 Å². The summed E-state index contributed by atoms with van der Waals surface area (Å²) in [5.74, 6) is 0.496. The third-order valence-electron chi connectivity index (χ3n) is 7.90. The Labute approximate surface area is 254 Å². The summed E-state index contributed by atoms with van der Waals surface area (Å²) in [5, 5.41) is 61.9. The zero-order valence-electron chi connectivity index (χ0n) is 24.0. The van der Waals surface area contributed by atoms with Crippen LogP contribution in [0.5, 0.6) is 28.7 Å². The minimum absolute atomic E-state index is 0.0182. The zero-order valence-corrected chi connectivity index (χ0v) is 24.0. The molecule has 2 saturated heterocycles. The maximum Gasteiger partial charge on any atom is 0.239 e. The standard InChI is InChI=1S/C29H32O16/c1-37-13-5-3-12(4-6-13)22-25(19(32)17-14(43-22)7-15-23(24(17)38-2)42-11-41-15)45-27-21(34)20(33)18(31)16(44-27)8-39-28-26(35)29(36,9-30)10-40-28/h3-7,16,18,20-21,26-28,30-31,33-36H,8-11H2,1-2H3. The van der Waals surface area contributed by atoms with E-state index in [1.165, 1.54) is 20.3 Å². The third-order valence-corrected chi connectivity index (χ3v) is 7.90. The van der Waals surface area contributed by atoms with Crippen LogP contribution in [-0.4, -0.2) is 120 Å².